The molecule has 1 N–H and O–H groups in total. The lowest BCUT2D eigenvalue weighted by molar-refractivity contribution is 0.0644. The van der Waals surface area contributed by atoms with Crippen LogP contribution in [0.25, 0.3) is 0 Å². The minimum absolute atomic E-state index is 0.530. The molecule has 2 heterocycles. The maximum absolute atomic E-state index is 5.75. The summed E-state index contributed by atoms with van der Waals surface area (Å²) in [5, 5.41) is 3.38. The molecule has 3 nitrogen and oxygen atoms in total. The van der Waals surface area contributed by atoms with Gasteiger partial charge in [-0.15, -0.1) is 0 Å². The highest BCUT2D eigenvalue weighted by molar-refractivity contribution is 4.68. The summed E-state index contributed by atoms with van der Waals surface area (Å²) in [5.41, 5.74) is 0. The summed E-state index contributed by atoms with van der Waals surface area (Å²) in [4.78, 5) is 0. The van der Waals surface area contributed by atoms with Crippen LogP contribution in [-0.2, 0) is 9.47 Å². The van der Waals surface area contributed by atoms with E-state index >= 15 is 0 Å². The van der Waals surface area contributed by atoms with E-state index < -0.39 is 0 Å². The molecule has 2 fully saturated rings. The molecule has 0 aromatic heterocycles. The molecule has 0 amide bonds. The molecule has 2 aliphatic heterocycles. The van der Waals surface area contributed by atoms with Gasteiger partial charge in [0, 0.05) is 19.8 Å². The molecule has 0 saturated carbocycles. The third kappa shape index (κ3) is 4.40. The first kappa shape index (κ1) is 12.3. The van der Waals surface area contributed by atoms with Gasteiger partial charge >= 0.3 is 0 Å². The average Bonchev–Trinajstić information content (AvgIpc) is 2.83. The lowest BCUT2D eigenvalue weighted by atomic mass is 9.99. The number of hydrogen-bond acceptors (Lipinski definition) is 3. The molecule has 16 heavy (non-hydrogen) atoms. The number of rotatable bonds is 6. The number of ether oxygens (including phenoxy) is 2. The van der Waals surface area contributed by atoms with Gasteiger partial charge in [0.1, 0.15) is 0 Å². The minimum atomic E-state index is 0.530. The van der Waals surface area contributed by atoms with Crippen molar-refractivity contribution in [3.63, 3.8) is 0 Å². The third-order valence-electron chi connectivity index (χ3n) is 3.65. The van der Waals surface area contributed by atoms with Gasteiger partial charge in [-0.2, -0.15) is 0 Å². The molecule has 2 saturated heterocycles. The molecule has 2 aliphatic rings. The Hall–Kier alpha value is -0.120. The maximum Gasteiger partial charge on any atom is 0.0576 e. The first-order valence-corrected chi connectivity index (χ1v) is 6.85. The SMILES string of the molecule is C(COCC1CCNCC1)CC1CCCO1. The van der Waals surface area contributed by atoms with E-state index in [1.54, 1.807) is 0 Å². The summed E-state index contributed by atoms with van der Waals surface area (Å²) in [6.07, 6.45) is 7.95. The van der Waals surface area contributed by atoms with Gasteiger partial charge in [0.25, 0.3) is 0 Å². The zero-order valence-electron chi connectivity index (χ0n) is 10.2. The smallest absolute Gasteiger partial charge is 0.0576 e. The molecule has 0 aromatic carbocycles. The molecule has 0 radical (unpaired) electrons. The molecule has 94 valence electrons. The van der Waals surface area contributed by atoms with Crippen molar-refractivity contribution >= 4 is 0 Å². The second-order valence-corrected chi connectivity index (χ2v) is 5.05. The van der Waals surface area contributed by atoms with Crippen molar-refractivity contribution in [3.8, 4) is 0 Å². The molecule has 3 heteroatoms. The number of piperidine rings is 1. The van der Waals surface area contributed by atoms with Gasteiger partial charge in [-0.05, 0) is 57.5 Å². The predicted molar refractivity (Wildman–Crippen MR) is 64.6 cm³/mol. The molecule has 1 atom stereocenters. The largest absolute Gasteiger partial charge is 0.381 e. The fraction of sp³-hybridized carbons (Fsp3) is 1.00. The Balaban J connectivity index is 1.42. The van der Waals surface area contributed by atoms with Crippen LogP contribution in [0.4, 0.5) is 0 Å². The normalized spacial score (nSPS) is 27.4. The van der Waals surface area contributed by atoms with Gasteiger partial charge in [0.2, 0.25) is 0 Å². The fourth-order valence-electron chi connectivity index (χ4n) is 2.58. The lowest BCUT2D eigenvalue weighted by Gasteiger charge is -2.22. The molecular formula is C13H25NO2. The van der Waals surface area contributed by atoms with Crippen LogP contribution in [-0.4, -0.2) is 39.0 Å². The zero-order chi connectivity index (χ0) is 11.1. The Kier molecular flexibility index (Phi) is 5.59. The van der Waals surface area contributed by atoms with Crippen molar-refractivity contribution in [1.82, 2.24) is 5.32 Å². The van der Waals surface area contributed by atoms with Gasteiger partial charge in [-0.1, -0.05) is 0 Å². The molecule has 1 unspecified atom stereocenters. The van der Waals surface area contributed by atoms with E-state index in [-0.39, 0.29) is 0 Å². The van der Waals surface area contributed by atoms with Crippen LogP contribution in [0.3, 0.4) is 0 Å². The molecule has 0 aromatic rings. The summed E-state index contributed by atoms with van der Waals surface area (Å²) in [6.45, 7) is 5.20. The average molecular weight is 227 g/mol. The summed E-state index contributed by atoms with van der Waals surface area (Å²) in [7, 11) is 0. The summed E-state index contributed by atoms with van der Waals surface area (Å²) < 4.78 is 11.3. The first-order valence-electron chi connectivity index (χ1n) is 6.85. The highest BCUT2D eigenvalue weighted by atomic mass is 16.5. The Morgan fingerprint density at radius 1 is 1.19 bits per heavy atom. The Morgan fingerprint density at radius 2 is 2.06 bits per heavy atom. The van der Waals surface area contributed by atoms with Gasteiger partial charge < -0.3 is 14.8 Å². The van der Waals surface area contributed by atoms with E-state index in [1.807, 2.05) is 0 Å². The van der Waals surface area contributed by atoms with E-state index in [0.29, 0.717) is 6.10 Å². The standard InChI is InChI=1S/C13H25NO2/c1(3-13-4-2-10-16-13)9-15-11-12-5-7-14-8-6-12/h12-14H,1-11H2. The Morgan fingerprint density at radius 3 is 2.81 bits per heavy atom. The zero-order valence-corrected chi connectivity index (χ0v) is 10.2. The van der Waals surface area contributed by atoms with Crippen molar-refractivity contribution in [3.05, 3.63) is 0 Å². The lowest BCUT2D eigenvalue weighted by Crippen LogP contribution is -2.30. The van der Waals surface area contributed by atoms with Crippen LogP contribution >= 0.6 is 0 Å². The quantitative estimate of drug-likeness (QED) is 0.704. The minimum Gasteiger partial charge on any atom is -0.381 e. The van der Waals surface area contributed by atoms with Crippen molar-refractivity contribution in [2.75, 3.05) is 32.9 Å². The monoisotopic (exact) mass is 227 g/mol. The molecule has 0 spiro atoms. The highest BCUT2D eigenvalue weighted by Gasteiger charge is 2.15. The molecule has 0 bridgehead atoms. The first-order chi connectivity index (χ1) is 7.95. The second kappa shape index (κ2) is 7.25. The van der Waals surface area contributed by atoms with E-state index in [1.165, 1.54) is 45.2 Å². The number of nitrogens with one attached hydrogen (secondary N) is 1. The van der Waals surface area contributed by atoms with Crippen molar-refractivity contribution in [1.29, 1.82) is 0 Å². The van der Waals surface area contributed by atoms with Crippen LogP contribution in [0.1, 0.15) is 38.5 Å². The summed E-state index contributed by atoms with van der Waals surface area (Å²) in [6, 6.07) is 0. The van der Waals surface area contributed by atoms with E-state index in [4.69, 9.17) is 9.47 Å². The van der Waals surface area contributed by atoms with Gasteiger partial charge in [-0.25, -0.2) is 0 Å². The van der Waals surface area contributed by atoms with E-state index in [2.05, 4.69) is 5.32 Å². The van der Waals surface area contributed by atoms with Crippen molar-refractivity contribution in [2.24, 2.45) is 5.92 Å². The Labute approximate surface area is 98.9 Å². The summed E-state index contributed by atoms with van der Waals surface area (Å²) in [5.74, 6) is 0.795. The van der Waals surface area contributed by atoms with Gasteiger partial charge in [0.15, 0.2) is 0 Å². The topological polar surface area (TPSA) is 30.5 Å². The van der Waals surface area contributed by atoms with Crippen molar-refractivity contribution < 1.29 is 9.47 Å². The highest BCUT2D eigenvalue weighted by Crippen LogP contribution is 2.17. The van der Waals surface area contributed by atoms with Crippen molar-refractivity contribution in [2.45, 2.75) is 44.6 Å². The van der Waals surface area contributed by atoms with E-state index in [9.17, 15) is 0 Å². The Bertz CT molecular complexity index is 175. The third-order valence-corrected chi connectivity index (χ3v) is 3.65. The van der Waals surface area contributed by atoms with Gasteiger partial charge in [0.05, 0.1) is 6.10 Å². The van der Waals surface area contributed by atoms with Crippen LogP contribution in [0, 0.1) is 5.92 Å². The van der Waals surface area contributed by atoms with Crippen LogP contribution in [0.15, 0.2) is 0 Å². The molecular weight excluding hydrogens is 202 g/mol. The fourth-order valence-corrected chi connectivity index (χ4v) is 2.58. The number of hydrogen-bond donors (Lipinski definition) is 1. The van der Waals surface area contributed by atoms with Crippen LogP contribution in [0.5, 0.6) is 0 Å². The summed E-state index contributed by atoms with van der Waals surface area (Å²) >= 11 is 0. The molecule has 0 aliphatic carbocycles. The van der Waals surface area contributed by atoms with E-state index in [0.717, 1.165) is 32.2 Å². The predicted octanol–water partition coefficient (Wildman–Crippen LogP) is 1.96. The maximum atomic E-state index is 5.75. The second-order valence-electron chi connectivity index (χ2n) is 5.05. The van der Waals surface area contributed by atoms with Crippen LogP contribution in [0.2, 0.25) is 0 Å². The van der Waals surface area contributed by atoms with Gasteiger partial charge in [-0.3, -0.25) is 0 Å². The molecule has 2 rings (SSSR count). The van der Waals surface area contributed by atoms with Crippen LogP contribution < -0.4 is 5.32 Å².